The van der Waals surface area contributed by atoms with E-state index < -0.39 is 14.6 Å². The van der Waals surface area contributed by atoms with E-state index in [0.717, 1.165) is 38.1 Å². The average molecular weight is 480 g/mol. The molecule has 0 aromatic carbocycles. The third-order valence-electron chi connectivity index (χ3n) is 5.52. The average Bonchev–Trinajstić information content (AvgIpc) is 2.98. The molecule has 0 unspecified atom stereocenters. The third-order valence-corrected chi connectivity index (χ3v) is 8.10. The van der Waals surface area contributed by atoms with E-state index in [9.17, 15) is 8.42 Å². The highest BCUT2D eigenvalue weighted by Gasteiger charge is 2.48. The molecule has 142 valence electrons. The molecule has 2 fully saturated rings. The van der Waals surface area contributed by atoms with Gasteiger partial charge >= 0.3 is 0 Å². The van der Waals surface area contributed by atoms with Crippen molar-refractivity contribution >= 4 is 39.8 Å². The number of halogens is 1. The fourth-order valence-corrected chi connectivity index (χ4v) is 6.16. The first-order valence-corrected chi connectivity index (χ1v) is 10.4. The SMILES string of the molecule is CN=C(NCc1cccn1C)N1CCS(=O)(=O)C2(CCCCC2)C1.I. The molecule has 0 amide bonds. The van der Waals surface area contributed by atoms with Gasteiger partial charge in [-0.15, -0.1) is 24.0 Å². The summed E-state index contributed by atoms with van der Waals surface area (Å²) in [5.41, 5.74) is 1.17. The Morgan fingerprint density at radius 2 is 2.04 bits per heavy atom. The number of hydrogen-bond acceptors (Lipinski definition) is 3. The van der Waals surface area contributed by atoms with Crippen LogP contribution in [0.15, 0.2) is 23.3 Å². The summed E-state index contributed by atoms with van der Waals surface area (Å²) in [6, 6.07) is 4.09. The number of guanidine groups is 1. The van der Waals surface area contributed by atoms with Crippen molar-refractivity contribution < 1.29 is 8.42 Å². The number of aliphatic imine (C=N–C) groups is 1. The highest BCUT2D eigenvalue weighted by molar-refractivity contribution is 14.0. The van der Waals surface area contributed by atoms with Crippen molar-refractivity contribution in [2.45, 2.75) is 43.4 Å². The van der Waals surface area contributed by atoms with E-state index in [1.807, 2.05) is 19.3 Å². The van der Waals surface area contributed by atoms with Gasteiger partial charge in [-0.25, -0.2) is 8.42 Å². The van der Waals surface area contributed by atoms with E-state index >= 15 is 0 Å². The van der Waals surface area contributed by atoms with Gasteiger partial charge in [0.1, 0.15) is 0 Å². The largest absolute Gasteiger partial charge is 0.353 e. The van der Waals surface area contributed by atoms with Crippen LogP contribution < -0.4 is 5.32 Å². The summed E-state index contributed by atoms with van der Waals surface area (Å²) in [6.45, 7) is 1.78. The predicted molar refractivity (Wildman–Crippen MR) is 112 cm³/mol. The molecule has 8 heteroatoms. The van der Waals surface area contributed by atoms with Crippen LogP contribution in [-0.4, -0.2) is 54.5 Å². The summed E-state index contributed by atoms with van der Waals surface area (Å²) >= 11 is 0. The lowest BCUT2D eigenvalue weighted by Crippen LogP contribution is -2.60. The lowest BCUT2D eigenvalue weighted by Gasteiger charge is -2.45. The van der Waals surface area contributed by atoms with Gasteiger partial charge in [-0.05, 0) is 25.0 Å². The molecule has 1 spiro atoms. The Hall–Kier alpha value is -0.770. The molecule has 1 aromatic rings. The molecule has 1 aromatic heterocycles. The van der Waals surface area contributed by atoms with Gasteiger partial charge in [-0.3, -0.25) is 4.99 Å². The quantitative estimate of drug-likeness (QED) is 0.400. The molecule has 1 aliphatic carbocycles. The second-order valence-corrected chi connectivity index (χ2v) is 9.50. The number of aromatic nitrogens is 1. The highest BCUT2D eigenvalue weighted by Crippen LogP contribution is 2.38. The molecule has 0 bridgehead atoms. The van der Waals surface area contributed by atoms with Crippen molar-refractivity contribution in [3.63, 3.8) is 0 Å². The van der Waals surface area contributed by atoms with Crippen LogP contribution in [0.3, 0.4) is 0 Å². The lowest BCUT2D eigenvalue weighted by atomic mass is 9.87. The maximum absolute atomic E-state index is 12.7. The Morgan fingerprint density at radius 1 is 1.32 bits per heavy atom. The van der Waals surface area contributed by atoms with Crippen LogP contribution in [0.4, 0.5) is 0 Å². The summed E-state index contributed by atoms with van der Waals surface area (Å²) in [6.07, 6.45) is 6.79. The summed E-state index contributed by atoms with van der Waals surface area (Å²) < 4.78 is 26.9. The smallest absolute Gasteiger partial charge is 0.194 e. The van der Waals surface area contributed by atoms with Crippen LogP contribution >= 0.6 is 24.0 Å². The first-order valence-electron chi connectivity index (χ1n) is 8.76. The fraction of sp³-hybridized carbons (Fsp3) is 0.706. The Bertz CT molecular complexity index is 708. The summed E-state index contributed by atoms with van der Waals surface area (Å²) in [4.78, 5) is 6.53. The number of nitrogens with zero attached hydrogens (tertiary/aromatic N) is 3. The van der Waals surface area contributed by atoms with E-state index in [0.29, 0.717) is 19.6 Å². The van der Waals surface area contributed by atoms with E-state index in [2.05, 4.69) is 25.8 Å². The lowest BCUT2D eigenvalue weighted by molar-refractivity contribution is 0.274. The minimum Gasteiger partial charge on any atom is -0.353 e. The monoisotopic (exact) mass is 480 g/mol. The third kappa shape index (κ3) is 4.15. The number of aryl methyl sites for hydroxylation is 1. The fourth-order valence-electron chi connectivity index (χ4n) is 4.00. The molecular formula is C17H29IN4O2S. The first-order chi connectivity index (χ1) is 11.5. The van der Waals surface area contributed by atoms with Crippen molar-refractivity contribution in [2.75, 3.05) is 25.9 Å². The molecule has 6 nitrogen and oxygen atoms in total. The molecule has 2 aliphatic rings. The van der Waals surface area contributed by atoms with Crippen LogP contribution in [0.2, 0.25) is 0 Å². The van der Waals surface area contributed by atoms with Gasteiger partial charge in [0.25, 0.3) is 0 Å². The molecule has 0 radical (unpaired) electrons. The second kappa shape index (κ2) is 8.28. The molecule has 25 heavy (non-hydrogen) atoms. The zero-order valence-corrected chi connectivity index (χ0v) is 18.2. The van der Waals surface area contributed by atoms with E-state index in [1.54, 1.807) is 7.05 Å². The number of sulfone groups is 1. The Labute approximate surface area is 168 Å². The van der Waals surface area contributed by atoms with Crippen LogP contribution in [0.25, 0.3) is 0 Å². The van der Waals surface area contributed by atoms with Crippen LogP contribution in [0, 0.1) is 0 Å². The maximum Gasteiger partial charge on any atom is 0.194 e. The standard InChI is InChI=1S/C17H28N4O2S.HI/c1-18-16(19-13-15-7-6-10-20(15)2)21-11-12-24(22,23)17(14-21)8-4-3-5-9-17;/h6-7,10H,3-5,8-9,11-14H2,1-2H3,(H,18,19);1H. The van der Waals surface area contributed by atoms with Crippen molar-refractivity contribution in [3.8, 4) is 0 Å². The van der Waals surface area contributed by atoms with Crippen LogP contribution in [0.5, 0.6) is 0 Å². The minimum absolute atomic E-state index is 0. The van der Waals surface area contributed by atoms with Gasteiger partial charge in [0.05, 0.1) is 17.0 Å². The normalized spacial score (nSPS) is 22.5. The number of nitrogens with one attached hydrogen (secondary N) is 1. The Morgan fingerprint density at radius 3 is 2.64 bits per heavy atom. The molecular weight excluding hydrogens is 451 g/mol. The van der Waals surface area contributed by atoms with Gasteiger partial charge in [-0.1, -0.05) is 19.3 Å². The highest BCUT2D eigenvalue weighted by atomic mass is 127. The van der Waals surface area contributed by atoms with Gasteiger partial charge in [-0.2, -0.15) is 0 Å². The molecule has 3 rings (SSSR count). The minimum atomic E-state index is -3.01. The van der Waals surface area contributed by atoms with Crippen molar-refractivity contribution in [1.82, 2.24) is 14.8 Å². The summed E-state index contributed by atoms with van der Waals surface area (Å²) in [5.74, 6) is 1.04. The van der Waals surface area contributed by atoms with Crippen LogP contribution in [0.1, 0.15) is 37.8 Å². The Kier molecular flexibility index (Phi) is 6.80. The zero-order valence-electron chi connectivity index (χ0n) is 15.1. The molecule has 1 aliphatic heterocycles. The molecule has 1 N–H and O–H groups in total. The molecule has 0 atom stereocenters. The number of hydrogen-bond donors (Lipinski definition) is 1. The predicted octanol–water partition coefficient (Wildman–Crippen LogP) is 2.15. The van der Waals surface area contributed by atoms with Crippen molar-refractivity contribution in [1.29, 1.82) is 0 Å². The van der Waals surface area contributed by atoms with E-state index in [1.165, 1.54) is 5.69 Å². The van der Waals surface area contributed by atoms with E-state index in [-0.39, 0.29) is 29.7 Å². The van der Waals surface area contributed by atoms with E-state index in [4.69, 9.17) is 0 Å². The van der Waals surface area contributed by atoms with Gasteiger partial charge in [0.2, 0.25) is 0 Å². The summed E-state index contributed by atoms with van der Waals surface area (Å²) in [5, 5.41) is 3.39. The Balaban J connectivity index is 0.00000225. The molecule has 1 saturated carbocycles. The maximum atomic E-state index is 12.7. The zero-order chi connectivity index (χ0) is 17.2. The second-order valence-electron chi connectivity index (χ2n) is 7.00. The van der Waals surface area contributed by atoms with Crippen molar-refractivity contribution in [2.24, 2.45) is 12.0 Å². The van der Waals surface area contributed by atoms with Gasteiger partial charge < -0.3 is 14.8 Å². The molecule has 2 heterocycles. The van der Waals surface area contributed by atoms with Gasteiger partial charge in [0.15, 0.2) is 15.8 Å². The number of rotatable bonds is 2. The summed E-state index contributed by atoms with van der Waals surface area (Å²) in [7, 11) is 0.772. The first kappa shape index (κ1) is 20.5. The van der Waals surface area contributed by atoms with Crippen LogP contribution in [-0.2, 0) is 23.4 Å². The van der Waals surface area contributed by atoms with Gasteiger partial charge in [0, 0.05) is 39.1 Å². The molecule has 1 saturated heterocycles. The van der Waals surface area contributed by atoms with Crippen molar-refractivity contribution in [3.05, 3.63) is 24.0 Å². The topological polar surface area (TPSA) is 66.7 Å².